The van der Waals surface area contributed by atoms with Crippen LogP contribution in [-0.2, 0) is 0 Å². The summed E-state index contributed by atoms with van der Waals surface area (Å²) in [7, 11) is 0. The van der Waals surface area contributed by atoms with Crippen molar-refractivity contribution in [2.45, 2.75) is 0 Å². The Morgan fingerprint density at radius 1 is 0.950 bits per heavy atom. The average Bonchev–Trinajstić information content (AvgIpc) is 2.41. The Morgan fingerprint density at radius 2 is 1.50 bits per heavy atom. The van der Waals surface area contributed by atoms with E-state index in [-0.39, 0.29) is 40.0 Å². The summed E-state index contributed by atoms with van der Waals surface area (Å²) in [5.74, 6) is 0.418. The number of carbonyl (C=O) groups is 1. The standard InChI is InChI=1S/C13H11N3O2.BrH.Mg/c17-13(18-12-9-5-2-6-10-12)15-16-14-11-7-3-1-4-8-11;;/h1-10H,(H,14,15,17);1H;/q;;+2/p-2. The van der Waals surface area contributed by atoms with Crippen molar-refractivity contribution in [2.75, 3.05) is 0 Å². The van der Waals surface area contributed by atoms with Gasteiger partial charge in [-0.15, -0.1) is 0 Å². The molecule has 1 amide bonds. The molecule has 0 fully saturated rings. The average molecular weight is 344 g/mol. The molecule has 2 aromatic carbocycles. The topological polar surface area (TPSA) is 65.1 Å². The van der Waals surface area contributed by atoms with Crippen LogP contribution < -0.4 is 21.7 Å². The minimum Gasteiger partial charge on any atom is -1.00 e. The van der Waals surface area contributed by atoms with E-state index >= 15 is 0 Å². The third-order valence-electron chi connectivity index (χ3n) is 1.99. The van der Waals surface area contributed by atoms with Crippen LogP contribution in [0.1, 0.15) is 0 Å². The second-order valence-corrected chi connectivity index (χ2v) is 3.31. The number of hydrogen-bond donors (Lipinski definition) is 0. The quantitative estimate of drug-likeness (QED) is 0.471. The first-order valence-corrected chi connectivity index (χ1v) is 5.28. The summed E-state index contributed by atoms with van der Waals surface area (Å²) in [6, 6.07) is 17.6. The van der Waals surface area contributed by atoms with Crippen molar-refractivity contribution in [2.24, 2.45) is 10.3 Å². The normalized spacial score (nSPS) is 9.20. The SMILES string of the molecule is O=C([N-]N=Nc1ccccc1)Oc1ccccc1.[Br-].[Mg+2]. The van der Waals surface area contributed by atoms with E-state index in [4.69, 9.17) is 4.74 Å². The van der Waals surface area contributed by atoms with Crippen LogP contribution in [0.15, 0.2) is 71.0 Å². The summed E-state index contributed by atoms with van der Waals surface area (Å²) in [5.41, 5.74) is 3.93. The Morgan fingerprint density at radius 3 is 2.10 bits per heavy atom. The first-order chi connectivity index (χ1) is 8.84. The zero-order valence-electron chi connectivity index (χ0n) is 10.5. The summed E-state index contributed by atoms with van der Waals surface area (Å²) in [6.45, 7) is 0. The number of nitrogens with zero attached hydrogens (tertiary/aromatic N) is 3. The van der Waals surface area contributed by atoms with Gasteiger partial charge in [0.15, 0.2) is 0 Å². The van der Waals surface area contributed by atoms with E-state index in [0.29, 0.717) is 11.4 Å². The third-order valence-corrected chi connectivity index (χ3v) is 1.99. The maximum Gasteiger partial charge on any atom is 2.00 e. The van der Waals surface area contributed by atoms with Crippen molar-refractivity contribution in [3.05, 3.63) is 66.1 Å². The molecule has 0 bridgehead atoms. The number of ether oxygens (including phenoxy) is 1. The fourth-order valence-corrected chi connectivity index (χ4v) is 1.21. The molecular formula is C13H10BrMgN3O2. The number of carbonyl (C=O) groups excluding carboxylic acids is 1. The van der Waals surface area contributed by atoms with E-state index in [2.05, 4.69) is 15.8 Å². The number of amides is 1. The molecule has 5 nitrogen and oxygen atoms in total. The molecule has 0 N–H and O–H groups in total. The molecule has 0 unspecified atom stereocenters. The Bertz CT molecular complexity index is 538. The van der Waals surface area contributed by atoms with Crippen LogP contribution in [0.25, 0.3) is 5.43 Å². The molecule has 0 aliphatic carbocycles. The van der Waals surface area contributed by atoms with Crippen LogP contribution in [0, 0.1) is 0 Å². The Labute approximate surface area is 143 Å². The molecule has 0 radical (unpaired) electrons. The molecule has 0 saturated carbocycles. The Kier molecular flexibility index (Phi) is 9.61. The number of hydrogen-bond acceptors (Lipinski definition) is 4. The zero-order chi connectivity index (χ0) is 12.6. The maximum atomic E-state index is 11.3. The van der Waals surface area contributed by atoms with E-state index in [1.807, 2.05) is 24.3 Å². The first kappa shape index (κ1) is 18.6. The van der Waals surface area contributed by atoms with Crippen LogP contribution in [0.4, 0.5) is 10.5 Å². The van der Waals surface area contributed by atoms with E-state index < -0.39 is 6.09 Å². The molecule has 98 valence electrons. The molecule has 0 aromatic heterocycles. The second-order valence-electron chi connectivity index (χ2n) is 3.31. The van der Waals surface area contributed by atoms with Crippen LogP contribution >= 0.6 is 0 Å². The number of rotatable bonds is 3. The minimum absolute atomic E-state index is 0. The van der Waals surface area contributed by atoms with Crippen LogP contribution in [0.5, 0.6) is 5.75 Å². The molecule has 2 rings (SSSR count). The van der Waals surface area contributed by atoms with Crippen molar-refractivity contribution < 1.29 is 26.5 Å². The van der Waals surface area contributed by atoms with E-state index in [1.54, 1.807) is 36.4 Å². The predicted molar refractivity (Wildman–Crippen MR) is 72.5 cm³/mol. The van der Waals surface area contributed by atoms with Gasteiger partial charge in [-0.3, -0.25) is 10.6 Å². The van der Waals surface area contributed by atoms with E-state index in [9.17, 15) is 4.79 Å². The van der Waals surface area contributed by atoms with Crippen LogP contribution in [0.3, 0.4) is 0 Å². The van der Waals surface area contributed by atoms with Crippen molar-refractivity contribution in [3.8, 4) is 5.75 Å². The smallest absolute Gasteiger partial charge is 1.00 e. The van der Waals surface area contributed by atoms with Gasteiger partial charge in [-0.1, -0.05) is 48.5 Å². The van der Waals surface area contributed by atoms with Gasteiger partial charge in [-0.05, 0) is 17.8 Å². The summed E-state index contributed by atoms with van der Waals surface area (Å²) in [5, 5.41) is 7.16. The maximum absolute atomic E-state index is 11.3. The number of para-hydroxylation sites is 1. The Hall–Kier alpha value is -1.44. The van der Waals surface area contributed by atoms with Crippen molar-refractivity contribution in [3.63, 3.8) is 0 Å². The van der Waals surface area contributed by atoms with Crippen LogP contribution in [0.2, 0.25) is 0 Å². The van der Waals surface area contributed by atoms with Crippen molar-refractivity contribution >= 4 is 34.8 Å². The molecule has 0 saturated heterocycles. The number of halogens is 1. The van der Waals surface area contributed by atoms with Gasteiger partial charge in [-0.2, -0.15) is 0 Å². The van der Waals surface area contributed by atoms with Crippen LogP contribution in [-0.4, -0.2) is 29.1 Å². The summed E-state index contributed by atoms with van der Waals surface area (Å²) in [6.07, 6.45) is -0.805. The molecule has 0 aliphatic rings. The molecule has 0 spiro atoms. The first-order valence-electron chi connectivity index (χ1n) is 5.28. The molecular weight excluding hydrogens is 334 g/mol. The zero-order valence-corrected chi connectivity index (χ0v) is 13.5. The molecule has 2 aromatic rings. The van der Waals surface area contributed by atoms with Gasteiger partial charge in [0.1, 0.15) is 5.75 Å². The van der Waals surface area contributed by atoms with Gasteiger partial charge in [-0.25, -0.2) is 4.79 Å². The van der Waals surface area contributed by atoms with Gasteiger partial charge >= 0.3 is 29.1 Å². The third kappa shape index (κ3) is 6.64. The molecule has 7 heteroatoms. The van der Waals surface area contributed by atoms with Gasteiger partial charge in [0.05, 0.1) is 0 Å². The molecule has 0 aliphatic heterocycles. The second kappa shape index (κ2) is 10.4. The predicted octanol–water partition coefficient (Wildman–Crippen LogP) is 0.881. The molecule has 20 heavy (non-hydrogen) atoms. The van der Waals surface area contributed by atoms with Gasteiger partial charge in [0, 0.05) is 0 Å². The van der Waals surface area contributed by atoms with Gasteiger partial charge in [0.2, 0.25) is 0 Å². The Balaban J connectivity index is 0.00000180. The number of benzene rings is 2. The molecule has 0 atom stereocenters. The van der Waals surface area contributed by atoms with Gasteiger partial charge in [0.25, 0.3) is 0 Å². The van der Waals surface area contributed by atoms with Gasteiger partial charge < -0.3 is 26.8 Å². The van der Waals surface area contributed by atoms with E-state index in [0.717, 1.165) is 0 Å². The minimum atomic E-state index is -0.805. The fourth-order valence-electron chi connectivity index (χ4n) is 1.21. The molecule has 0 heterocycles. The summed E-state index contributed by atoms with van der Waals surface area (Å²) >= 11 is 0. The largest absolute Gasteiger partial charge is 2.00 e. The fraction of sp³-hybridized carbons (Fsp3) is 0. The summed E-state index contributed by atoms with van der Waals surface area (Å²) in [4.78, 5) is 11.3. The monoisotopic (exact) mass is 343 g/mol. The van der Waals surface area contributed by atoms with Crippen molar-refractivity contribution in [1.82, 2.24) is 0 Å². The van der Waals surface area contributed by atoms with E-state index in [1.165, 1.54) is 0 Å². The van der Waals surface area contributed by atoms with Crippen molar-refractivity contribution in [1.29, 1.82) is 0 Å². The summed E-state index contributed by atoms with van der Waals surface area (Å²) < 4.78 is 4.89.